The molecule has 0 aliphatic heterocycles. The summed E-state index contributed by atoms with van der Waals surface area (Å²) in [4.78, 5) is 11.3. The van der Waals surface area contributed by atoms with Crippen LogP contribution in [0.25, 0.3) is 0 Å². The summed E-state index contributed by atoms with van der Waals surface area (Å²) in [5.41, 5.74) is 0.555. The zero-order chi connectivity index (χ0) is 9.68. The molecule has 4 nitrogen and oxygen atoms in total. The lowest BCUT2D eigenvalue weighted by Gasteiger charge is -1.98. The second kappa shape index (κ2) is 4.31. The molecule has 68 valence electrons. The molecule has 0 aliphatic rings. The lowest BCUT2D eigenvalue weighted by molar-refractivity contribution is 0.0954. The molecule has 1 aromatic rings. The Kier molecular flexibility index (Phi) is 3.09. The summed E-state index contributed by atoms with van der Waals surface area (Å²) in [6.45, 7) is 0.504. The largest absolute Gasteiger partial charge is 0.351 e. The number of nitrogens with one attached hydrogen (secondary N) is 1. The van der Waals surface area contributed by atoms with Crippen molar-refractivity contribution in [1.82, 2.24) is 15.1 Å². The van der Waals surface area contributed by atoms with Crippen LogP contribution in [0, 0.1) is 12.3 Å². The lowest BCUT2D eigenvalue weighted by Crippen LogP contribution is -2.23. The Morgan fingerprint density at radius 2 is 2.62 bits per heavy atom. The molecular weight excluding hydrogens is 166 g/mol. The predicted octanol–water partition coefficient (Wildman–Crippen LogP) is 0.173. The van der Waals surface area contributed by atoms with E-state index >= 15 is 0 Å². The van der Waals surface area contributed by atoms with Crippen LogP contribution in [0.1, 0.15) is 16.8 Å². The van der Waals surface area contributed by atoms with E-state index < -0.39 is 0 Å². The highest BCUT2D eigenvalue weighted by Gasteiger charge is 2.05. The van der Waals surface area contributed by atoms with Gasteiger partial charge >= 0.3 is 0 Å². The molecule has 0 aromatic carbocycles. The molecule has 13 heavy (non-hydrogen) atoms. The van der Waals surface area contributed by atoms with Crippen molar-refractivity contribution in [2.45, 2.75) is 6.42 Å². The summed E-state index contributed by atoms with van der Waals surface area (Å²) in [7, 11) is 1.76. The van der Waals surface area contributed by atoms with Crippen molar-refractivity contribution in [2.75, 3.05) is 6.54 Å². The molecular formula is C9H11N3O. The molecule has 0 fully saturated rings. The summed E-state index contributed by atoms with van der Waals surface area (Å²) in [5.74, 6) is 2.31. The molecule has 1 N–H and O–H groups in total. The van der Waals surface area contributed by atoms with Crippen molar-refractivity contribution in [3.63, 3.8) is 0 Å². The molecule has 0 bridgehead atoms. The van der Waals surface area contributed by atoms with E-state index in [1.807, 2.05) is 0 Å². The Morgan fingerprint density at radius 1 is 1.85 bits per heavy atom. The minimum absolute atomic E-state index is 0.136. The van der Waals surface area contributed by atoms with Crippen molar-refractivity contribution >= 4 is 5.91 Å². The van der Waals surface area contributed by atoms with Crippen LogP contribution < -0.4 is 5.32 Å². The first-order valence-electron chi connectivity index (χ1n) is 3.94. The fraction of sp³-hybridized carbons (Fsp3) is 0.333. The minimum atomic E-state index is -0.136. The Hall–Kier alpha value is -1.76. The Balaban J connectivity index is 2.45. The third-order valence-corrected chi connectivity index (χ3v) is 1.52. The predicted molar refractivity (Wildman–Crippen MR) is 49.0 cm³/mol. The van der Waals surface area contributed by atoms with Crippen LogP contribution in [0.5, 0.6) is 0 Å². The van der Waals surface area contributed by atoms with Crippen LogP contribution in [0.4, 0.5) is 0 Å². The van der Waals surface area contributed by atoms with Gasteiger partial charge in [-0.3, -0.25) is 9.48 Å². The van der Waals surface area contributed by atoms with Gasteiger partial charge in [-0.15, -0.1) is 12.3 Å². The van der Waals surface area contributed by atoms with Gasteiger partial charge in [0.1, 0.15) is 0 Å². The number of nitrogens with zero attached hydrogens (tertiary/aromatic N) is 2. The third-order valence-electron chi connectivity index (χ3n) is 1.52. The lowest BCUT2D eigenvalue weighted by atomic mass is 10.3. The van der Waals surface area contributed by atoms with Gasteiger partial charge in [-0.2, -0.15) is 5.10 Å². The van der Waals surface area contributed by atoms with Crippen molar-refractivity contribution in [3.05, 3.63) is 18.0 Å². The number of carbonyl (C=O) groups is 1. The number of aryl methyl sites for hydroxylation is 1. The maximum atomic E-state index is 11.3. The number of hydrogen-bond donors (Lipinski definition) is 1. The first kappa shape index (κ1) is 9.33. The third kappa shape index (κ3) is 2.64. The molecule has 4 heteroatoms. The van der Waals surface area contributed by atoms with E-state index in [-0.39, 0.29) is 5.91 Å². The van der Waals surface area contributed by atoms with Crippen molar-refractivity contribution < 1.29 is 4.79 Å². The fourth-order valence-corrected chi connectivity index (χ4v) is 0.889. The quantitative estimate of drug-likeness (QED) is 0.528. The van der Waals surface area contributed by atoms with Gasteiger partial charge in [-0.25, -0.2) is 0 Å². The summed E-state index contributed by atoms with van der Waals surface area (Å²) in [6.07, 6.45) is 8.76. The van der Waals surface area contributed by atoms with Crippen LogP contribution >= 0.6 is 0 Å². The minimum Gasteiger partial charge on any atom is -0.351 e. The van der Waals surface area contributed by atoms with Gasteiger partial charge in [0, 0.05) is 26.2 Å². The zero-order valence-corrected chi connectivity index (χ0v) is 7.45. The van der Waals surface area contributed by atoms with Crippen molar-refractivity contribution in [3.8, 4) is 12.3 Å². The molecule has 1 amide bonds. The summed E-state index contributed by atoms with van der Waals surface area (Å²) in [5, 5.41) is 6.56. The van der Waals surface area contributed by atoms with E-state index in [0.717, 1.165) is 0 Å². The van der Waals surface area contributed by atoms with Crippen LogP contribution in [-0.4, -0.2) is 22.2 Å². The SMILES string of the molecule is C#CCCNC(=O)c1cnn(C)c1. The molecule has 0 saturated heterocycles. The Bertz CT molecular complexity index is 335. The van der Waals surface area contributed by atoms with Gasteiger partial charge in [-0.05, 0) is 0 Å². The van der Waals surface area contributed by atoms with Gasteiger partial charge in [0.05, 0.1) is 11.8 Å². The second-order valence-electron chi connectivity index (χ2n) is 2.61. The highest BCUT2D eigenvalue weighted by Crippen LogP contribution is 1.94. The molecule has 1 aromatic heterocycles. The standard InChI is InChI=1S/C9H11N3O/c1-3-4-5-10-9(13)8-6-11-12(2)7-8/h1,6-7H,4-5H2,2H3,(H,10,13). The van der Waals surface area contributed by atoms with Gasteiger partial charge < -0.3 is 5.32 Å². The molecule has 0 radical (unpaired) electrons. The normalized spacial score (nSPS) is 9.23. The van der Waals surface area contributed by atoms with E-state index in [1.165, 1.54) is 6.20 Å². The van der Waals surface area contributed by atoms with Crippen LogP contribution in [0.15, 0.2) is 12.4 Å². The van der Waals surface area contributed by atoms with Crippen LogP contribution in [-0.2, 0) is 7.05 Å². The fourth-order valence-electron chi connectivity index (χ4n) is 0.889. The van der Waals surface area contributed by atoms with E-state index in [2.05, 4.69) is 16.3 Å². The maximum absolute atomic E-state index is 11.3. The smallest absolute Gasteiger partial charge is 0.254 e. The van der Waals surface area contributed by atoms with Gasteiger partial charge in [-0.1, -0.05) is 0 Å². The highest BCUT2D eigenvalue weighted by molar-refractivity contribution is 5.93. The molecule has 0 saturated carbocycles. The number of hydrogen-bond acceptors (Lipinski definition) is 2. The Labute approximate surface area is 76.9 Å². The Morgan fingerprint density at radius 3 is 3.15 bits per heavy atom. The first-order valence-corrected chi connectivity index (χ1v) is 3.94. The van der Waals surface area contributed by atoms with Crippen LogP contribution in [0.3, 0.4) is 0 Å². The summed E-state index contributed by atoms with van der Waals surface area (Å²) < 4.78 is 1.58. The number of rotatable bonds is 3. The molecule has 0 atom stereocenters. The average molecular weight is 177 g/mol. The topological polar surface area (TPSA) is 46.9 Å². The molecule has 1 heterocycles. The summed E-state index contributed by atoms with van der Waals surface area (Å²) >= 11 is 0. The van der Waals surface area contributed by atoms with Crippen molar-refractivity contribution in [1.29, 1.82) is 0 Å². The molecule has 0 aliphatic carbocycles. The molecule has 0 unspecified atom stereocenters. The number of terminal acetylenes is 1. The van der Waals surface area contributed by atoms with E-state index in [4.69, 9.17) is 6.42 Å². The highest BCUT2D eigenvalue weighted by atomic mass is 16.1. The van der Waals surface area contributed by atoms with E-state index in [1.54, 1.807) is 17.9 Å². The molecule has 0 spiro atoms. The van der Waals surface area contributed by atoms with E-state index in [9.17, 15) is 4.79 Å². The molecule has 1 rings (SSSR count). The number of aromatic nitrogens is 2. The maximum Gasteiger partial charge on any atom is 0.254 e. The zero-order valence-electron chi connectivity index (χ0n) is 7.45. The van der Waals surface area contributed by atoms with Crippen LogP contribution in [0.2, 0.25) is 0 Å². The number of amides is 1. The summed E-state index contributed by atoms with van der Waals surface area (Å²) in [6, 6.07) is 0. The van der Waals surface area contributed by atoms with Gasteiger partial charge in [0.2, 0.25) is 0 Å². The average Bonchev–Trinajstić information content (AvgIpc) is 2.52. The second-order valence-corrected chi connectivity index (χ2v) is 2.61. The number of carbonyl (C=O) groups excluding carboxylic acids is 1. The monoisotopic (exact) mass is 177 g/mol. The van der Waals surface area contributed by atoms with Crippen molar-refractivity contribution in [2.24, 2.45) is 7.05 Å². The van der Waals surface area contributed by atoms with Gasteiger partial charge in [0.25, 0.3) is 5.91 Å². The van der Waals surface area contributed by atoms with E-state index in [0.29, 0.717) is 18.5 Å². The van der Waals surface area contributed by atoms with Gasteiger partial charge in [0.15, 0.2) is 0 Å². The first-order chi connectivity index (χ1) is 6.24.